The van der Waals surface area contributed by atoms with E-state index in [2.05, 4.69) is 0 Å². The molecule has 18 heavy (non-hydrogen) atoms. The number of ether oxygens (including phenoxy) is 1. The van der Waals surface area contributed by atoms with Gasteiger partial charge in [-0.1, -0.05) is 17.7 Å². The molecule has 0 fully saturated rings. The molecule has 0 heterocycles. The zero-order valence-electron chi connectivity index (χ0n) is 10.4. The summed E-state index contributed by atoms with van der Waals surface area (Å²) in [5.41, 5.74) is -1.03. The van der Waals surface area contributed by atoms with Crippen LogP contribution in [-0.4, -0.2) is 24.3 Å². The fraction of sp³-hybridized carbons (Fsp3) is 0.462. The molecule has 1 unspecified atom stereocenters. The number of aliphatic hydroxyl groups is 1. The lowest BCUT2D eigenvalue weighted by Crippen LogP contribution is -2.36. The lowest BCUT2D eigenvalue weighted by molar-refractivity contribution is -0.150. The van der Waals surface area contributed by atoms with Crippen molar-refractivity contribution in [3.63, 3.8) is 0 Å². The zero-order valence-corrected chi connectivity index (χ0v) is 11.1. The van der Waals surface area contributed by atoms with Gasteiger partial charge in [0.05, 0.1) is 12.0 Å². The molecule has 0 spiro atoms. The topological polar surface area (TPSA) is 46.5 Å². The van der Waals surface area contributed by atoms with Crippen molar-refractivity contribution >= 4 is 17.6 Å². The second-order valence-corrected chi connectivity index (χ2v) is 4.59. The van der Waals surface area contributed by atoms with Gasteiger partial charge in [0.15, 0.2) is 0 Å². The number of aliphatic hydroxyl groups excluding tert-OH is 1. The fourth-order valence-electron chi connectivity index (χ4n) is 1.80. The minimum Gasteiger partial charge on any atom is -0.465 e. The zero-order chi connectivity index (χ0) is 13.8. The Labute approximate surface area is 111 Å². The molecule has 1 N–H and O–H groups in total. The first-order chi connectivity index (χ1) is 8.45. The first kappa shape index (κ1) is 14.9. The molecule has 100 valence electrons. The summed E-state index contributed by atoms with van der Waals surface area (Å²) >= 11 is 5.68. The summed E-state index contributed by atoms with van der Waals surface area (Å²) < 4.78 is 18.8. The van der Waals surface area contributed by atoms with Gasteiger partial charge in [-0.15, -0.1) is 0 Å². The first-order valence-electron chi connectivity index (χ1n) is 5.69. The summed E-state index contributed by atoms with van der Waals surface area (Å²) in [4.78, 5) is 12.0. The molecule has 0 saturated carbocycles. The predicted octanol–water partition coefficient (Wildman–Crippen LogP) is 2.68. The van der Waals surface area contributed by atoms with Gasteiger partial charge in [-0.05, 0) is 32.4 Å². The van der Waals surface area contributed by atoms with Crippen molar-refractivity contribution in [3.8, 4) is 0 Å². The van der Waals surface area contributed by atoms with E-state index in [4.69, 9.17) is 21.4 Å². The fourth-order valence-corrected chi connectivity index (χ4v) is 1.96. The second kappa shape index (κ2) is 6.16. The average Bonchev–Trinajstić information content (AvgIpc) is 2.29. The van der Waals surface area contributed by atoms with Crippen molar-refractivity contribution < 1.29 is 19.0 Å². The lowest BCUT2D eigenvalue weighted by atomic mass is 9.79. The van der Waals surface area contributed by atoms with Gasteiger partial charge in [0.1, 0.15) is 5.82 Å². The van der Waals surface area contributed by atoms with Crippen LogP contribution < -0.4 is 0 Å². The number of halogens is 2. The maximum absolute atomic E-state index is 13.9. The third kappa shape index (κ3) is 3.00. The van der Waals surface area contributed by atoms with E-state index in [0.29, 0.717) is 0 Å². The van der Waals surface area contributed by atoms with Crippen LogP contribution in [0.25, 0.3) is 0 Å². The van der Waals surface area contributed by atoms with Gasteiger partial charge in [0.2, 0.25) is 0 Å². The Hall–Kier alpha value is -1.13. The molecule has 0 saturated heterocycles. The molecule has 0 radical (unpaired) electrons. The molecular weight excluding hydrogens is 259 g/mol. The van der Waals surface area contributed by atoms with Crippen molar-refractivity contribution in [1.82, 2.24) is 0 Å². The molecule has 1 rings (SSSR count). The third-order valence-electron chi connectivity index (χ3n) is 2.86. The smallest absolute Gasteiger partial charge is 0.316 e. The monoisotopic (exact) mass is 274 g/mol. The summed E-state index contributed by atoms with van der Waals surface area (Å²) in [5.74, 6) is -1.13. The van der Waals surface area contributed by atoms with E-state index in [1.54, 1.807) is 13.8 Å². The highest BCUT2D eigenvalue weighted by atomic mass is 35.5. The third-order valence-corrected chi connectivity index (χ3v) is 3.10. The van der Waals surface area contributed by atoms with Crippen molar-refractivity contribution in [2.45, 2.75) is 25.7 Å². The maximum Gasteiger partial charge on any atom is 0.316 e. The van der Waals surface area contributed by atoms with Crippen LogP contribution in [0.2, 0.25) is 5.02 Å². The Kier molecular flexibility index (Phi) is 5.11. The van der Waals surface area contributed by atoms with Crippen molar-refractivity contribution in [3.05, 3.63) is 34.6 Å². The Morgan fingerprint density at radius 2 is 2.22 bits per heavy atom. The second-order valence-electron chi connectivity index (χ2n) is 4.15. The Morgan fingerprint density at radius 3 is 2.72 bits per heavy atom. The summed E-state index contributed by atoms with van der Waals surface area (Å²) in [6.07, 6.45) is 0.0877. The van der Waals surface area contributed by atoms with Gasteiger partial charge >= 0.3 is 5.97 Å². The number of hydrogen-bond acceptors (Lipinski definition) is 3. The van der Waals surface area contributed by atoms with Gasteiger partial charge in [-0.2, -0.15) is 0 Å². The van der Waals surface area contributed by atoms with Crippen molar-refractivity contribution in [1.29, 1.82) is 0 Å². The average molecular weight is 275 g/mol. The number of esters is 1. The first-order valence-corrected chi connectivity index (χ1v) is 6.07. The molecule has 0 aliphatic rings. The summed E-state index contributed by atoms with van der Waals surface area (Å²) in [6.45, 7) is 3.19. The van der Waals surface area contributed by atoms with Gasteiger partial charge in [-0.25, -0.2) is 4.39 Å². The van der Waals surface area contributed by atoms with Gasteiger partial charge in [-0.3, -0.25) is 4.79 Å². The molecule has 1 aromatic rings. The Balaban J connectivity index is 3.21. The van der Waals surface area contributed by atoms with Crippen LogP contribution in [0.5, 0.6) is 0 Å². The van der Waals surface area contributed by atoms with Crippen LogP contribution in [0, 0.1) is 5.82 Å². The van der Waals surface area contributed by atoms with Crippen LogP contribution in [0.4, 0.5) is 4.39 Å². The molecule has 0 amide bonds. The molecule has 0 bridgehead atoms. The van der Waals surface area contributed by atoms with Crippen LogP contribution >= 0.6 is 11.6 Å². The SMILES string of the molecule is CCOC(=O)C(C)(CCO)c1ccc(Cl)cc1F. The van der Waals surface area contributed by atoms with Crippen LogP contribution in [-0.2, 0) is 14.9 Å². The van der Waals surface area contributed by atoms with E-state index >= 15 is 0 Å². The highest BCUT2D eigenvalue weighted by Crippen LogP contribution is 2.32. The van der Waals surface area contributed by atoms with Crippen molar-refractivity contribution in [2.75, 3.05) is 13.2 Å². The van der Waals surface area contributed by atoms with E-state index in [0.717, 1.165) is 6.07 Å². The Bertz CT molecular complexity index is 436. The molecule has 1 aromatic carbocycles. The highest BCUT2D eigenvalue weighted by Gasteiger charge is 2.38. The van der Waals surface area contributed by atoms with Crippen LogP contribution in [0.15, 0.2) is 18.2 Å². The number of carbonyl (C=O) groups excluding carboxylic acids is 1. The molecule has 1 atom stereocenters. The highest BCUT2D eigenvalue weighted by molar-refractivity contribution is 6.30. The van der Waals surface area contributed by atoms with Crippen molar-refractivity contribution in [2.24, 2.45) is 0 Å². The van der Waals surface area contributed by atoms with E-state index in [1.165, 1.54) is 12.1 Å². The summed E-state index contributed by atoms with van der Waals surface area (Å²) in [5, 5.41) is 9.33. The number of benzene rings is 1. The van der Waals surface area contributed by atoms with Crippen LogP contribution in [0.1, 0.15) is 25.8 Å². The normalized spacial score (nSPS) is 14.1. The Morgan fingerprint density at radius 1 is 1.56 bits per heavy atom. The van der Waals surface area contributed by atoms with Gasteiger partial charge in [0.25, 0.3) is 0 Å². The predicted molar refractivity (Wildman–Crippen MR) is 67.1 cm³/mol. The van der Waals surface area contributed by atoms with E-state index in [1.807, 2.05) is 0 Å². The standard InChI is InChI=1S/C13H16ClFO3/c1-3-18-12(17)13(2,6-7-16)10-5-4-9(14)8-11(10)15/h4-5,8,16H,3,6-7H2,1-2H3. The maximum atomic E-state index is 13.9. The quantitative estimate of drug-likeness (QED) is 0.840. The molecular formula is C13H16ClFO3. The summed E-state index contributed by atoms with van der Waals surface area (Å²) in [7, 11) is 0. The molecule has 0 aliphatic heterocycles. The van der Waals surface area contributed by atoms with Crippen LogP contribution in [0.3, 0.4) is 0 Å². The number of carbonyl (C=O) groups is 1. The minimum absolute atomic E-state index is 0.0877. The molecule has 0 aliphatic carbocycles. The summed E-state index contributed by atoms with van der Waals surface area (Å²) in [6, 6.07) is 4.10. The molecule has 3 nitrogen and oxygen atoms in total. The van der Waals surface area contributed by atoms with E-state index in [-0.39, 0.29) is 30.2 Å². The number of rotatable bonds is 5. The minimum atomic E-state index is -1.21. The van der Waals surface area contributed by atoms with Gasteiger partial charge < -0.3 is 9.84 Å². The number of hydrogen-bond donors (Lipinski definition) is 1. The molecule has 0 aromatic heterocycles. The van der Waals surface area contributed by atoms with E-state index < -0.39 is 17.2 Å². The van der Waals surface area contributed by atoms with Gasteiger partial charge in [0, 0.05) is 17.2 Å². The largest absolute Gasteiger partial charge is 0.465 e. The van der Waals surface area contributed by atoms with E-state index in [9.17, 15) is 9.18 Å². The molecule has 5 heteroatoms. The lowest BCUT2D eigenvalue weighted by Gasteiger charge is -2.27.